The highest BCUT2D eigenvalue weighted by atomic mass is 32.1. The fourth-order valence-corrected chi connectivity index (χ4v) is 3.56. The Morgan fingerprint density at radius 1 is 1.35 bits per heavy atom. The zero-order valence-electron chi connectivity index (χ0n) is 9.84. The quantitative estimate of drug-likeness (QED) is 0.765. The van der Waals surface area contributed by atoms with Crippen LogP contribution in [0.2, 0.25) is 0 Å². The van der Waals surface area contributed by atoms with Crippen LogP contribution in [0.3, 0.4) is 0 Å². The molecule has 1 atom stereocenters. The summed E-state index contributed by atoms with van der Waals surface area (Å²) in [6.07, 6.45) is 6.49. The Morgan fingerprint density at radius 2 is 2.18 bits per heavy atom. The topological polar surface area (TPSA) is 36.4 Å². The Bertz CT molecular complexity index is 400. The second-order valence-electron chi connectivity index (χ2n) is 4.79. The molecular weight excluding hydrogens is 234 g/mol. The first-order valence-corrected chi connectivity index (χ1v) is 7.08. The van der Waals surface area contributed by atoms with E-state index in [1.54, 1.807) is 6.20 Å². The van der Waals surface area contributed by atoms with E-state index in [0.29, 0.717) is 6.04 Å². The van der Waals surface area contributed by atoms with Gasteiger partial charge in [-0.05, 0) is 32.4 Å². The summed E-state index contributed by atoms with van der Waals surface area (Å²) >= 11 is 1.50. The van der Waals surface area contributed by atoms with Crippen molar-refractivity contribution < 1.29 is 4.79 Å². The molecule has 5 heteroatoms. The van der Waals surface area contributed by atoms with Crippen molar-refractivity contribution in [1.82, 2.24) is 9.88 Å². The average molecular weight is 251 g/mol. The molecule has 3 heterocycles. The third kappa shape index (κ3) is 2.21. The summed E-state index contributed by atoms with van der Waals surface area (Å²) in [5, 5.41) is 1.01. The lowest BCUT2D eigenvalue weighted by molar-refractivity contribution is 0.112. The predicted molar refractivity (Wildman–Crippen MR) is 68.9 cm³/mol. The first-order chi connectivity index (χ1) is 8.36. The van der Waals surface area contributed by atoms with Crippen molar-refractivity contribution in [2.75, 3.05) is 31.1 Å². The van der Waals surface area contributed by atoms with Crippen LogP contribution in [0, 0.1) is 0 Å². The lowest BCUT2D eigenvalue weighted by Crippen LogP contribution is -2.35. The number of thiazole rings is 1. The molecule has 1 aromatic heterocycles. The zero-order chi connectivity index (χ0) is 11.7. The molecule has 0 amide bonds. The average Bonchev–Trinajstić information content (AvgIpc) is 3.09. The van der Waals surface area contributed by atoms with E-state index in [1.807, 2.05) is 0 Å². The van der Waals surface area contributed by atoms with Crippen LogP contribution in [-0.2, 0) is 0 Å². The SMILES string of the molecule is O=Cc1cnc(N2CCC(N3CCCC3)C2)s1. The number of likely N-dealkylation sites (tertiary alicyclic amines) is 1. The number of hydrogen-bond acceptors (Lipinski definition) is 5. The van der Waals surface area contributed by atoms with Crippen molar-refractivity contribution in [2.24, 2.45) is 0 Å². The van der Waals surface area contributed by atoms with Gasteiger partial charge in [0.15, 0.2) is 11.4 Å². The number of aromatic nitrogens is 1. The van der Waals surface area contributed by atoms with Crippen molar-refractivity contribution in [3.8, 4) is 0 Å². The Balaban J connectivity index is 1.64. The second kappa shape index (κ2) is 4.74. The molecule has 3 rings (SSSR count). The van der Waals surface area contributed by atoms with E-state index in [2.05, 4.69) is 14.8 Å². The van der Waals surface area contributed by atoms with Crippen molar-refractivity contribution in [2.45, 2.75) is 25.3 Å². The molecule has 0 N–H and O–H groups in total. The first-order valence-electron chi connectivity index (χ1n) is 6.27. The normalized spacial score (nSPS) is 25.6. The first kappa shape index (κ1) is 11.2. The van der Waals surface area contributed by atoms with Crippen molar-refractivity contribution in [3.63, 3.8) is 0 Å². The minimum atomic E-state index is 0.695. The molecule has 2 saturated heterocycles. The van der Waals surface area contributed by atoms with Crippen molar-refractivity contribution in [1.29, 1.82) is 0 Å². The van der Waals surface area contributed by atoms with Gasteiger partial charge in [0, 0.05) is 19.1 Å². The van der Waals surface area contributed by atoms with Gasteiger partial charge in [-0.15, -0.1) is 0 Å². The Hall–Kier alpha value is -0.940. The van der Waals surface area contributed by atoms with E-state index in [0.717, 1.165) is 29.4 Å². The summed E-state index contributed by atoms with van der Waals surface area (Å²) in [5.74, 6) is 0. The number of carbonyl (C=O) groups excluding carboxylic acids is 1. The molecule has 0 spiro atoms. The Kier molecular flexibility index (Phi) is 3.11. The maximum Gasteiger partial charge on any atom is 0.185 e. The molecule has 0 saturated carbocycles. The molecule has 92 valence electrons. The van der Waals surface area contributed by atoms with Crippen LogP contribution in [0.25, 0.3) is 0 Å². The minimum absolute atomic E-state index is 0.695. The van der Waals surface area contributed by atoms with Gasteiger partial charge in [0.25, 0.3) is 0 Å². The standard InChI is InChI=1S/C12H17N3OS/c16-9-11-7-13-12(17-11)15-6-3-10(8-15)14-4-1-2-5-14/h7,9-10H,1-6,8H2. The molecule has 17 heavy (non-hydrogen) atoms. The monoisotopic (exact) mass is 251 g/mol. The summed E-state index contributed by atoms with van der Waals surface area (Å²) < 4.78 is 0. The molecule has 2 aliphatic rings. The van der Waals surface area contributed by atoms with Crippen LogP contribution < -0.4 is 4.90 Å². The molecule has 0 aromatic carbocycles. The highest BCUT2D eigenvalue weighted by Gasteiger charge is 2.30. The van der Waals surface area contributed by atoms with E-state index < -0.39 is 0 Å². The van der Waals surface area contributed by atoms with E-state index >= 15 is 0 Å². The summed E-state index contributed by atoms with van der Waals surface area (Å²) in [6.45, 7) is 4.67. The van der Waals surface area contributed by atoms with Gasteiger partial charge in [-0.2, -0.15) is 0 Å². The fraction of sp³-hybridized carbons (Fsp3) is 0.667. The Labute approximate surface area is 105 Å². The summed E-state index contributed by atoms with van der Waals surface area (Å²) in [6, 6.07) is 0.695. The zero-order valence-corrected chi connectivity index (χ0v) is 10.7. The number of rotatable bonds is 3. The van der Waals surface area contributed by atoms with Crippen LogP contribution in [-0.4, -0.2) is 48.4 Å². The fourth-order valence-electron chi connectivity index (χ4n) is 2.80. The number of hydrogen-bond donors (Lipinski definition) is 0. The van der Waals surface area contributed by atoms with Crippen LogP contribution in [0.4, 0.5) is 5.13 Å². The van der Waals surface area contributed by atoms with Gasteiger partial charge < -0.3 is 4.90 Å². The van der Waals surface area contributed by atoms with Gasteiger partial charge in [0.1, 0.15) is 0 Å². The third-order valence-corrected chi connectivity index (χ3v) is 4.70. The third-order valence-electron chi connectivity index (χ3n) is 3.72. The lowest BCUT2D eigenvalue weighted by Gasteiger charge is -2.23. The van der Waals surface area contributed by atoms with Crippen LogP contribution in [0.15, 0.2) is 6.20 Å². The summed E-state index contributed by atoms with van der Waals surface area (Å²) in [4.78, 5) is 20.6. The molecular formula is C12H17N3OS. The number of carbonyl (C=O) groups is 1. The van der Waals surface area contributed by atoms with Gasteiger partial charge in [-0.1, -0.05) is 11.3 Å². The molecule has 1 unspecified atom stereocenters. The number of nitrogens with zero attached hydrogens (tertiary/aromatic N) is 3. The van der Waals surface area contributed by atoms with E-state index in [9.17, 15) is 4.79 Å². The summed E-state index contributed by atoms with van der Waals surface area (Å²) in [7, 11) is 0. The van der Waals surface area contributed by atoms with Crippen LogP contribution in [0.1, 0.15) is 28.9 Å². The number of anilines is 1. The summed E-state index contributed by atoms with van der Waals surface area (Å²) in [5.41, 5.74) is 0. The maximum absolute atomic E-state index is 10.7. The smallest absolute Gasteiger partial charge is 0.185 e. The highest BCUT2D eigenvalue weighted by Crippen LogP contribution is 2.28. The molecule has 2 aliphatic heterocycles. The number of aldehydes is 1. The molecule has 1 aromatic rings. The van der Waals surface area contributed by atoms with Crippen molar-refractivity contribution in [3.05, 3.63) is 11.1 Å². The lowest BCUT2D eigenvalue weighted by atomic mass is 10.2. The largest absolute Gasteiger partial charge is 0.346 e. The van der Waals surface area contributed by atoms with Gasteiger partial charge in [0.05, 0.1) is 11.1 Å². The molecule has 0 aliphatic carbocycles. The van der Waals surface area contributed by atoms with Gasteiger partial charge in [0.2, 0.25) is 0 Å². The van der Waals surface area contributed by atoms with Gasteiger partial charge >= 0.3 is 0 Å². The molecule has 4 nitrogen and oxygen atoms in total. The van der Waals surface area contributed by atoms with Gasteiger partial charge in [-0.3, -0.25) is 9.69 Å². The predicted octanol–water partition coefficient (Wildman–Crippen LogP) is 1.63. The second-order valence-corrected chi connectivity index (χ2v) is 5.84. The Morgan fingerprint density at radius 3 is 2.88 bits per heavy atom. The van der Waals surface area contributed by atoms with Crippen molar-refractivity contribution >= 4 is 22.8 Å². The minimum Gasteiger partial charge on any atom is -0.346 e. The van der Waals surface area contributed by atoms with Gasteiger partial charge in [-0.25, -0.2) is 4.98 Å². The highest BCUT2D eigenvalue weighted by molar-refractivity contribution is 7.17. The van der Waals surface area contributed by atoms with Crippen LogP contribution >= 0.6 is 11.3 Å². The van der Waals surface area contributed by atoms with Crippen LogP contribution in [0.5, 0.6) is 0 Å². The maximum atomic E-state index is 10.7. The van der Waals surface area contributed by atoms with E-state index in [4.69, 9.17) is 0 Å². The van der Waals surface area contributed by atoms with E-state index in [1.165, 1.54) is 43.7 Å². The molecule has 0 bridgehead atoms. The molecule has 0 radical (unpaired) electrons. The van der Waals surface area contributed by atoms with E-state index in [-0.39, 0.29) is 0 Å². The molecule has 2 fully saturated rings.